The maximum atomic E-state index is 5.44. The van der Waals surface area contributed by atoms with Crippen molar-refractivity contribution in [3.05, 3.63) is 30.1 Å². The summed E-state index contributed by atoms with van der Waals surface area (Å²) < 4.78 is 5.44. The fourth-order valence-corrected chi connectivity index (χ4v) is 2.02. The number of rotatable bonds is 6. The number of ether oxygens (including phenoxy) is 1. The number of pyridine rings is 1. The van der Waals surface area contributed by atoms with Crippen LogP contribution in [0.5, 0.6) is 0 Å². The lowest BCUT2D eigenvalue weighted by molar-refractivity contribution is 0.00779. The van der Waals surface area contributed by atoms with Crippen molar-refractivity contribution in [3.63, 3.8) is 0 Å². The topological polar surface area (TPSA) is 34.1 Å². The molecule has 3 nitrogen and oxygen atoms in total. The van der Waals surface area contributed by atoms with Gasteiger partial charge in [-0.2, -0.15) is 0 Å². The zero-order valence-corrected chi connectivity index (χ0v) is 11.5. The molecule has 0 radical (unpaired) electrons. The Bertz CT molecular complexity index is 324. The fourth-order valence-electron chi connectivity index (χ4n) is 2.02. The normalized spacial score (nSPS) is 15.6. The summed E-state index contributed by atoms with van der Waals surface area (Å²) in [5, 5.41) is 3.54. The number of hydrogen-bond donors (Lipinski definition) is 1. The maximum absolute atomic E-state index is 5.44. The second kappa shape index (κ2) is 6.12. The average molecular weight is 236 g/mol. The zero-order chi connectivity index (χ0) is 12.9. The number of nitrogens with zero attached hydrogens (tertiary/aromatic N) is 1. The summed E-state index contributed by atoms with van der Waals surface area (Å²) in [5.74, 6) is 0. The van der Waals surface area contributed by atoms with Gasteiger partial charge in [-0.25, -0.2) is 0 Å². The van der Waals surface area contributed by atoms with Crippen molar-refractivity contribution < 1.29 is 4.74 Å². The number of methoxy groups -OCH3 is 1. The highest BCUT2D eigenvalue weighted by atomic mass is 16.5. The summed E-state index contributed by atoms with van der Waals surface area (Å²) in [6.45, 7) is 8.53. The molecule has 1 aromatic rings. The van der Waals surface area contributed by atoms with Gasteiger partial charge in [0, 0.05) is 25.4 Å². The van der Waals surface area contributed by atoms with E-state index in [2.05, 4.69) is 38.0 Å². The van der Waals surface area contributed by atoms with Crippen LogP contribution in [0.1, 0.15) is 45.9 Å². The minimum absolute atomic E-state index is 0.0871. The molecular weight excluding hydrogens is 212 g/mol. The summed E-state index contributed by atoms with van der Waals surface area (Å²) >= 11 is 0. The molecule has 0 aliphatic carbocycles. The lowest BCUT2D eigenvalue weighted by atomic mass is 9.99. The highest BCUT2D eigenvalue weighted by Crippen LogP contribution is 2.17. The van der Waals surface area contributed by atoms with Crippen molar-refractivity contribution in [2.24, 2.45) is 0 Å². The first-order chi connectivity index (χ1) is 7.94. The van der Waals surface area contributed by atoms with Crippen LogP contribution in [0.3, 0.4) is 0 Å². The van der Waals surface area contributed by atoms with E-state index in [1.807, 2.05) is 24.4 Å². The van der Waals surface area contributed by atoms with Crippen LogP contribution in [0.15, 0.2) is 24.4 Å². The first-order valence-electron chi connectivity index (χ1n) is 6.17. The molecule has 0 spiro atoms. The molecule has 0 aliphatic heterocycles. The van der Waals surface area contributed by atoms with Crippen LogP contribution in [0, 0.1) is 0 Å². The molecular formula is C14H24N2O. The van der Waals surface area contributed by atoms with E-state index in [0.29, 0.717) is 6.04 Å². The largest absolute Gasteiger partial charge is 0.379 e. The third-order valence-electron chi connectivity index (χ3n) is 3.02. The van der Waals surface area contributed by atoms with Crippen LogP contribution in [0.25, 0.3) is 0 Å². The predicted octanol–water partition coefficient (Wildman–Crippen LogP) is 2.94. The van der Waals surface area contributed by atoms with E-state index in [9.17, 15) is 0 Å². The Kier molecular flexibility index (Phi) is 5.09. The van der Waals surface area contributed by atoms with E-state index in [1.54, 1.807) is 7.11 Å². The fraction of sp³-hybridized carbons (Fsp3) is 0.643. The highest BCUT2D eigenvalue weighted by molar-refractivity contribution is 5.07. The van der Waals surface area contributed by atoms with Crippen molar-refractivity contribution >= 4 is 0 Å². The molecule has 0 amide bonds. The number of hydrogen-bond acceptors (Lipinski definition) is 3. The third kappa shape index (κ3) is 4.84. The molecule has 0 saturated carbocycles. The highest BCUT2D eigenvalue weighted by Gasteiger charge is 2.21. The van der Waals surface area contributed by atoms with Crippen molar-refractivity contribution in [2.45, 2.75) is 51.8 Å². The summed E-state index contributed by atoms with van der Waals surface area (Å²) in [6, 6.07) is 6.66. The summed E-state index contributed by atoms with van der Waals surface area (Å²) in [5.41, 5.74) is 0.991. The van der Waals surface area contributed by atoms with Gasteiger partial charge >= 0.3 is 0 Å². The van der Waals surface area contributed by atoms with Gasteiger partial charge in [-0.05, 0) is 46.2 Å². The molecule has 1 aromatic heterocycles. The van der Waals surface area contributed by atoms with Crippen molar-refractivity contribution in [1.82, 2.24) is 10.3 Å². The average Bonchev–Trinajstić information content (AvgIpc) is 2.29. The Morgan fingerprint density at radius 2 is 2.06 bits per heavy atom. The van der Waals surface area contributed by atoms with Crippen molar-refractivity contribution in [2.75, 3.05) is 7.11 Å². The smallest absolute Gasteiger partial charge is 0.0637 e. The third-order valence-corrected chi connectivity index (χ3v) is 3.02. The molecule has 3 heteroatoms. The molecule has 0 aliphatic rings. The van der Waals surface area contributed by atoms with E-state index in [1.165, 1.54) is 0 Å². The molecule has 1 rings (SSSR count). The van der Waals surface area contributed by atoms with Gasteiger partial charge in [0.15, 0.2) is 0 Å². The van der Waals surface area contributed by atoms with Crippen LogP contribution in [-0.4, -0.2) is 23.7 Å². The van der Waals surface area contributed by atoms with E-state index in [4.69, 9.17) is 4.74 Å². The SMILES string of the molecule is COC(C)(C)CC(C)NC(C)c1ccccn1. The van der Waals surface area contributed by atoms with Gasteiger partial charge in [0.25, 0.3) is 0 Å². The summed E-state index contributed by atoms with van der Waals surface area (Å²) in [4.78, 5) is 4.35. The van der Waals surface area contributed by atoms with Crippen LogP contribution in [0.2, 0.25) is 0 Å². The van der Waals surface area contributed by atoms with E-state index in [-0.39, 0.29) is 11.6 Å². The van der Waals surface area contributed by atoms with Crippen LogP contribution < -0.4 is 5.32 Å². The Balaban J connectivity index is 2.49. The molecule has 17 heavy (non-hydrogen) atoms. The van der Waals surface area contributed by atoms with Crippen molar-refractivity contribution in [3.8, 4) is 0 Å². The molecule has 0 saturated heterocycles. The Morgan fingerprint density at radius 3 is 2.59 bits per heavy atom. The Morgan fingerprint density at radius 1 is 1.35 bits per heavy atom. The van der Waals surface area contributed by atoms with Gasteiger partial charge in [-0.15, -0.1) is 0 Å². The van der Waals surface area contributed by atoms with E-state index in [0.717, 1.165) is 12.1 Å². The van der Waals surface area contributed by atoms with Gasteiger partial charge in [-0.1, -0.05) is 6.07 Å². The zero-order valence-electron chi connectivity index (χ0n) is 11.5. The molecule has 0 aromatic carbocycles. The van der Waals surface area contributed by atoms with Gasteiger partial charge < -0.3 is 10.1 Å². The molecule has 1 heterocycles. The second-order valence-corrected chi connectivity index (χ2v) is 5.21. The van der Waals surface area contributed by atoms with Crippen LogP contribution in [0.4, 0.5) is 0 Å². The molecule has 1 N–H and O–H groups in total. The maximum Gasteiger partial charge on any atom is 0.0637 e. The minimum Gasteiger partial charge on any atom is -0.379 e. The lowest BCUT2D eigenvalue weighted by Gasteiger charge is -2.28. The number of aromatic nitrogens is 1. The Hall–Kier alpha value is -0.930. The van der Waals surface area contributed by atoms with Gasteiger partial charge in [0.2, 0.25) is 0 Å². The molecule has 96 valence electrons. The molecule has 2 atom stereocenters. The van der Waals surface area contributed by atoms with Gasteiger partial charge in [0.05, 0.1) is 11.3 Å². The summed E-state index contributed by atoms with van der Waals surface area (Å²) in [7, 11) is 1.76. The monoisotopic (exact) mass is 236 g/mol. The predicted molar refractivity (Wildman–Crippen MR) is 71.0 cm³/mol. The van der Waals surface area contributed by atoms with Gasteiger partial charge in [-0.3, -0.25) is 4.98 Å². The standard InChI is InChI=1S/C14H24N2O/c1-11(10-14(3,4)17-5)16-12(2)13-8-6-7-9-15-13/h6-9,11-12,16H,10H2,1-5H3. The first-order valence-corrected chi connectivity index (χ1v) is 6.17. The molecule has 0 fully saturated rings. The summed E-state index contributed by atoms with van der Waals surface area (Å²) in [6.07, 6.45) is 2.80. The minimum atomic E-state index is -0.0871. The first kappa shape index (κ1) is 14.1. The molecule has 0 bridgehead atoms. The van der Waals surface area contributed by atoms with Crippen molar-refractivity contribution in [1.29, 1.82) is 0 Å². The van der Waals surface area contributed by atoms with Crippen LogP contribution in [-0.2, 0) is 4.74 Å². The Labute approximate surface area is 105 Å². The van der Waals surface area contributed by atoms with E-state index < -0.39 is 0 Å². The van der Waals surface area contributed by atoms with E-state index >= 15 is 0 Å². The van der Waals surface area contributed by atoms with Gasteiger partial charge in [0.1, 0.15) is 0 Å². The second-order valence-electron chi connectivity index (χ2n) is 5.21. The van der Waals surface area contributed by atoms with Crippen LogP contribution >= 0.6 is 0 Å². The quantitative estimate of drug-likeness (QED) is 0.824. The lowest BCUT2D eigenvalue weighted by Crippen LogP contribution is -2.37. The molecule has 2 unspecified atom stereocenters. The number of nitrogens with one attached hydrogen (secondary N) is 1.